The molecule has 2 aliphatic rings. The van der Waals surface area contributed by atoms with Crippen molar-refractivity contribution in [1.29, 1.82) is 0 Å². The average Bonchev–Trinajstić information content (AvgIpc) is 3.05. The highest BCUT2D eigenvalue weighted by Crippen LogP contribution is 2.41. The summed E-state index contributed by atoms with van der Waals surface area (Å²) in [5.41, 5.74) is 1.77. The summed E-state index contributed by atoms with van der Waals surface area (Å²) in [6.07, 6.45) is 6.96. The number of carbonyl (C=O) groups is 1. The summed E-state index contributed by atoms with van der Waals surface area (Å²) in [6, 6.07) is 6.45. The van der Waals surface area contributed by atoms with Gasteiger partial charge in [0.25, 0.3) is 0 Å². The molecule has 0 bridgehead atoms. The lowest BCUT2D eigenvalue weighted by Gasteiger charge is -2.29. The molecular weight excluding hydrogens is 279 g/mol. The van der Waals surface area contributed by atoms with E-state index in [1.54, 1.807) is 12.1 Å². The van der Waals surface area contributed by atoms with Crippen LogP contribution in [0, 0.1) is 5.82 Å². The van der Waals surface area contributed by atoms with Crippen LogP contribution in [0.15, 0.2) is 35.9 Å². The van der Waals surface area contributed by atoms with Crippen LogP contribution >= 0.6 is 0 Å². The second-order valence-corrected chi connectivity index (χ2v) is 6.30. The van der Waals surface area contributed by atoms with Crippen LogP contribution in [0.25, 0.3) is 0 Å². The average molecular weight is 302 g/mol. The third kappa shape index (κ3) is 3.07. The largest absolute Gasteiger partial charge is 0.352 e. The molecule has 1 amide bonds. The number of hydrogen-bond acceptors (Lipinski definition) is 2. The van der Waals surface area contributed by atoms with E-state index in [1.807, 2.05) is 0 Å². The Balaban J connectivity index is 1.74. The molecule has 0 unspecified atom stereocenters. The number of nitrogens with one attached hydrogen (secondary N) is 2. The third-order valence-corrected chi connectivity index (χ3v) is 4.92. The second kappa shape index (κ2) is 6.61. The molecule has 1 aromatic rings. The number of hydrogen-bond donors (Lipinski definition) is 2. The van der Waals surface area contributed by atoms with Crippen LogP contribution < -0.4 is 10.6 Å². The quantitative estimate of drug-likeness (QED) is 0.840. The van der Waals surface area contributed by atoms with E-state index >= 15 is 0 Å². The first-order valence-corrected chi connectivity index (χ1v) is 8.14. The van der Waals surface area contributed by atoms with Gasteiger partial charge in [0, 0.05) is 13.1 Å². The molecule has 22 heavy (non-hydrogen) atoms. The van der Waals surface area contributed by atoms with E-state index in [-0.39, 0.29) is 11.7 Å². The fraction of sp³-hybridized carbons (Fsp3) is 0.500. The summed E-state index contributed by atoms with van der Waals surface area (Å²) in [6.45, 7) is 2.49. The molecule has 2 N–H and O–H groups in total. The fourth-order valence-electron chi connectivity index (χ4n) is 3.59. The summed E-state index contributed by atoms with van der Waals surface area (Å²) < 4.78 is 13.2. The summed E-state index contributed by atoms with van der Waals surface area (Å²) in [4.78, 5) is 12.8. The van der Waals surface area contributed by atoms with E-state index in [4.69, 9.17) is 0 Å². The molecule has 1 aliphatic carbocycles. The highest BCUT2D eigenvalue weighted by molar-refractivity contribution is 5.88. The molecule has 3 rings (SSSR count). The van der Waals surface area contributed by atoms with Crippen LogP contribution in [0.3, 0.4) is 0 Å². The molecule has 0 aromatic heterocycles. The Hall–Kier alpha value is -1.68. The molecule has 3 nitrogen and oxygen atoms in total. The number of amides is 1. The normalized spacial score (nSPS) is 20.5. The zero-order valence-corrected chi connectivity index (χ0v) is 12.8. The van der Waals surface area contributed by atoms with Crippen LogP contribution in [0.4, 0.5) is 4.39 Å². The topological polar surface area (TPSA) is 41.1 Å². The first-order valence-electron chi connectivity index (χ1n) is 8.14. The van der Waals surface area contributed by atoms with E-state index < -0.39 is 5.41 Å². The van der Waals surface area contributed by atoms with Gasteiger partial charge in [0.2, 0.25) is 5.91 Å². The monoisotopic (exact) mass is 302 g/mol. The second-order valence-electron chi connectivity index (χ2n) is 6.30. The highest BCUT2D eigenvalue weighted by atomic mass is 19.1. The van der Waals surface area contributed by atoms with Crippen molar-refractivity contribution in [1.82, 2.24) is 10.6 Å². The lowest BCUT2D eigenvalue weighted by molar-refractivity contribution is -0.126. The molecule has 0 atom stereocenters. The smallest absolute Gasteiger partial charge is 0.230 e. The Morgan fingerprint density at radius 2 is 1.95 bits per heavy atom. The van der Waals surface area contributed by atoms with Crippen LogP contribution in [0.2, 0.25) is 0 Å². The van der Waals surface area contributed by atoms with Gasteiger partial charge < -0.3 is 10.6 Å². The van der Waals surface area contributed by atoms with Crippen molar-refractivity contribution in [2.45, 2.75) is 37.5 Å². The number of rotatable bonds is 4. The molecular formula is C18H23FN2O. The van der Waals surface area contributed by atoms with Gasteiger partial charge in [-0.25, -0.2) is 4.39 Å². The molecule has 1 heterocycles. The standard InChI is InChI=1S/C18H23FN2O/c19-16-5-3-15(4-6-16)18(9-1-2-10-18)17(22)21-13-14-7-11-20-12-8-14/h3-7,20H,1-2,8-13H2,(H,21,22). The molecule has 1 aromatic carbocycles. The van der Waals surface area contributed by atoms with Gasteiger partial charge in [-0.2, -0.15) is 0 Å². The Morgan fingerprint density at radius 3 is 2.59 bits per heavy atom. The van der Waals surface area contributed by atoms with Gasteiger partial charge in [0.15, 0.2) is 0 Å². The van der Waals surface area contributed by atoms with E-state index in [0.29, 0.717) is 6.54 Å². The number of carbonyl (C=O) groups excluding carboxylic acids is 1. The predicted octanol–water partition coefficient (Wildman–Crippen LogP) is 2.67. The van der Waals surface area contributed by atoms with Gasteiger partial charge >= 0.3 is 0 Å². The summed E-state index contributed by atoms with van der Waals surface area (Å²) in [5.74, 6) is -0.159. The van der Waals surface area contributed by atoms with Gasteiger partial charge in [0.05, 0.1) is 5.41 Å². The zero-order valence-electron chi connectivity index (χ0n) is 12.8. The maximum absolute atomic E-state index is 13.2. The van der Waals surface area contributed by atoms with Crippen LogP contribution in [-0.2, 0) is 10.2 Å². The van der Waals surface area contributed by atoms with E-state index in [9.17, 15) is 9.18 Å². The van der Waals surface area contributed by atoms with Crippen molar-refractivity contribution in [2.75, 3.05) is 19.6 Å². The number of halogens is 1. The Labute approximate surface area is 131 Å². The summed E-state index contributed by atoms with van der Waals surface area (Å²) in [7, 11) is 0. The van der Waals surface area contributed by atoms with Crippen LogP contribution in [-0.4, -0.2) is 25.5 Å². The maximum Gasteiger partial charge on any atom is 0.230 e. The first-order chi connectivity index (χ1) is 10.7. The van der Waals surface area contributed by atoms with Gasteiger partial charge in [-0.1, -0.05) is 36.6 Å². The van der Waals surface area contributed by atoms with Gasteiger partial charge in [0.1, 0.15) is 5.82 Å². The van der Waals surface area contributed by atoms with Crippen LogP contribution in [0.5, 0.6) is 0 Å². The number of benzene rings is 1. The van der Waals surface area contributed by atoms with Gasteiger partial charge in [-0.3, -0.25) is 4.79 Å². The molecule has 0 spiro atoms. The fourth-order valence-corrected chi connectivity index (χ4v) is 3.59. The van der Waals surface area contributed by atoms with E-state index in [2.05, 4.69) is 16.7 Å². The Morgan fingerprint density at radius 1 is 1.23 bits per heavy atom. The SMILES string of the molecule is O=C(NCC1=CCNCC1)C1(c2ccc(F)cc2)CCCC1. The van der Waals surface area contributed by atoms with Gasteiger partial charge in [-0.15, -0.1) is 0 Å². The van der Waals surface area contributed by atoms with E-state index in [0.717, 1.165) is 50.8 Å². The zero-order chi connectivity index (χ0) is 15.4. The predicted molar refractivity (Wildman–Crippen MR) is 85.1 cm³/mol. The van der Waals surface area contributed by atoms with Crippen molar-refractivity contribution >= 4 is 5.91 Å². The van der Waals surface area contributed by atoms with E-state index in [1.165, 1.54) is 17.7 Å². The minimum atomic E-state index is -0.471. The van der Waals surface area contributed by atoms with Crippen molar-refractivity contribution in [3.8, 4) is 0 Å². The van der Waals surface area contributed by atoms with Crippen molar-refractivity contribution in [2.24, 2.45) is 0 Å². The van der Waals surface area contributed by atoms with Crippen molar-refractivity contribution < 1.29 is 9.18 Å². The van der Waals surface area contributed by atoms with Crippen molar-refractivity contribution in [3.63, 3.8) is 0 Å². The van der Waals surface area contributed by atoms with Gasteiger partial charge in [-0.05, 0) is 43.5 Å². The van der Waals surface area contributed by atoms with Crippen LogP contribution in [0.1, 0.15) is 37.7 Å². The lowest BCUT2D eigenvalue weighted by Crippen LogP contribution is -2.43. The lowest BCUT2D eigenvalue weighted by atomic mass is 9.78. The minimum absolute atomic E-state index is 0.0936. The molecule has 4 heteroatoms. The molecule has 1 aliphatic heterocycles. The molecule has 1 fully saturated rings. The first kappa shape index (κ1) is 15.2. The maximum atomic E-state index is 13.2. The molecule has 0 radical (unpaired) electrons. The molecule has 0 saturated heterocycles. The highest BCUT2D eigenvalue weighted by Gasteiger charge is 2.42. The minimum Gasteiger partial charge on any atom is -0.352 e. The molecule has 118 valence electrons. The third-order valence-electron chi connectivity index (χ3n) is 4.92. The molecule has 1 saturated carbocycles. The Kier molecular flexibility index (Phi) is 4.57. The summed E-state index contributed by atoms with van der Waals surface area (Å²) in [5, 5.41) is 6.39. The summed E-state index contributed by atoms with van der Waals surface area (Å²) >= 11 is 0. The van der Waals surface area contributed by atoms with Crippen molar-refractivity contribution in [3.05, 3.63) is 47.3 Å². The Bertz CT molecular complexity index is 559.